The van der Waals surface area contributed by atoms with E-state index < -0.39 is 0 Å². The van der Waals surface area contributed by atoms with Gasteiger partial charge in [0, 0.05) is 53.4 Å². The van der Waals surface area contributed by atoms with Gasteiger partial charge in [0.1, 0.15) is 11.8 Å². The van der Waals surface area contributed by atoms with Crippen molar-refractivity contribution in [2.75, 3.05) is 18.0 Å². The number of pyridine rings is 2. The monoisotopic (exact) mass is 428 g/mol. The molecule has 5 heteroatoms. The standard InChI is InChI=1S/C28H22N5/c1-2-15-32(16-3-1)23-9-11-24(12-10-23)33-20-31-27-19-30-26-13-8-21(17-25(26)28(27)33)6-7-22-5-4-14-29-18-22/h1,4-5,8-14,17-20H,2-3,15-16H2. The first-order valence-corrected chi connectivity index (χ1v) is 11.2. The van der Waals surface area contributed by atoms with Crippen LogP contribution < -0.4 is 4.90 Å². The molecule has 33 heavy (non-hydrogen) atoms. The highest BCUT2D eigenvalue weighted by Gasteiger charge is 2.13. The fourth-order valence-corrected chi connectivity index (χ4v) is 4.38. The molecule has 1 fully saturated rings. The predicted octanol–water partition coefficient (Wildman–Crippen LogP) is 5.17. The van der Waals surface area contributed by atoms with E-state index in [1.54, 1.807) is 12.4 Å². The maximum atomic E-state index is 4.62. The van der Waals surface area contributed by atoms with Crippen LogP contribution in [0.2, 0.25) is 0 Å². The minimum Gasteiger partial charge on any atom is -0.372 e. The van der Waals surface area contributed by atoms with Crippen LogP contribution in [0.5, 0.6) is 0 Å². The largest absolute Gasteiger partial charge is 0.372 e. The summed E-state index contributed by atoms with van der Waals surface area (Å²) >= 11 is 0. The first-order chi connectivity index (χ1) is 16.3. The molecule has 3 aromatic heterocycles. The molecule has 4 heterocycles. The van der Waals surface area contributed by atoms with E-state index in [2.05, 4.69) is 73.0 Å². The first-order valence-electron chi connectivity index (χ1n) is 11.2. The Morgan fingerprint density at radius 1 is 0.758 bits per heavy atom. The SMILES string of the molecule is C(#Cc1ccc2ncc3ncn(-c4ccc(N5CC[CH]CC5)cc4)c3c2c1)c1cccnc1. The molecule has 0 spiro atoms. The summed E-state index contributed by atoms with van der Waals surface area (Å²) in [6.07, 6.45) is 11.9. The second kappa shape index (κ2) is 8.40. The molecule has 1 radical (unpaired) electrons. The van der Waals surface area contributed by atoms with Gasteiger partial charge in [0.05, 0.1) is 17.2 Å². The van der Waals surface area contributed by atoms with Gasteiger partial charge in [-0.15, -0.1) is 0 Å². The summed E-state index contributed by atoms with van der Waals surface area (Å²) in [4.78, 5) is 15.8. The Balaban J connectivity index is 1.41. The molecule has 0 N–H and O–H groups in total. The Labute approximate surface area is 192 Å². The molecule has 0 bridgehead atoms. The lowest BCUT2D eigenvalue weighted by atomic mass is 10.1. The summed E-state index contributed by atoms with van der Waals surface area (Å²) < 4.78 is 2.14. The highest BCUT2D eigenvalue weighted by Crippen LogP contribution is 2.28. The quantitative estimate of drug-likeness (QED) is 0.364. The van der Waals surface area contributed by atoms with Gasteiger partial charge in [0.2, 0.25) is 0 Å². The minimum atomic E-state index is 0.871. The molecule has 0 unspecified atom stereocenters. The maximum Gasteiger partial charge on any atom is 0.108 e. The molecule has 0 saturated carbocycles. The Morgan fingerprint density at radius 3 is 2.39 bits per heavy atom. The Bertz CT molecular complexity index is 1480. The van der Waals surface area contributed by atoms with Crippen molar-refractivity contribution in [3.8, 4) is 17.5 Å². The molecule has 159 valence electrons. The lowest BCUT2D eigenvalue weighted by molar-refractivity contribution is 0.679. The maximum absolute atomic E-state index is 4.62. The summed E-state index contributed by atoms with van der Waals surface area (Å²) in [7, 11) is 0. The highest BCUT2D eigenvalue weighted by molar-refractivity contribution is 6.03. The lowest BCUT2D eigenvalue weighted by Gasteiger charge is -2.28. The van der Waals surface area contributed by atoms with Gasteiger partial charge in [-0.3, -0.25) is 14.5 Å². The molecule has 1 saturated heterocycles. The van der Waals surface area contributed by atoms with Gasteiger partial charge in [-0.05, 0) is 73.9 Å². The van der Waals surface area contributed by atoms with Gasteiger partial charge >= 0.3 is 0 Å². The number of benzene rings is 2. The fraction of sp³-hybridized carbons (Fsp3) is 0.143. The van der Waals surface area contributed by atoms with Crippen LogP contribution in [-0.4, -0.2) is 32.6 Å². The smallest absolute Gasteiger partial charge is 0.108 e. The van der Waals surface area contributed by atoms with Crippen molar-refractivity contribution >= 4 is 27.6 Å². The van der Waals surface area contributed by atoms with Crippen molar-refractivity contribution in [1.82, 2.24) is 19.5 Å². The van der Waals surface area contributed by atoms with Crippen molar-refractivity contribution in [3.05, 3.63) is 97.1 Å². The van der Waals surface area contributed by atoms with Crippen LogP contribution in [-0.2, 0) is 0 Å². The van der Waals surface area contributed by atoms with Crippen molar-refractivity contribution in [1.29, 1.82) is 0 Å². The van der Waals surface area contributed by atoms with Gasteiger partial charge in [-0.1, -0.05) is 11.8 Å². The van der Waals surface area contributed by atoms with Crippen molar-refractivity contribution in [3.63, 3.8) is 0 Å². The second-order valence-corrected chi connectivity index (χ2v) is 8.20. The van der Waals surface area contributed by atoms with Crippen LogP contribution in [0.1, 0.15) is 24.0 Å². The molecule has 2 aromatic carbocycles. The zero-order valence-electron chi connectivity index (χ0n) is 18.1. The number of hydrogen-bond donors (Lipinski definition) is 0. The van der Waals surface area contributed by atoms with E-state index in [0.717, 1.165) is 64.7 Å². The van der Waals surface area contributed by atoms with Gasteiger partial charge in [-0.25, -0.2) is 4.98 Å². The van der Waals surface area contributed by atoms with Crippen LogP contribution in [0.25, 0.3) is 27.6 Å². The molecule has 0 atom stereocenters. The molecule has 0 aliphatic carbocycles. The molecule has 1 aliphatic rings. The van der Waals surface area contributed by atoms with Crippen molar-refractivity contribution in [2.24, 2.45) is 0 Å². The van der Waals surface area contributed by atoms with Crippen LogP contribution in [0.15, 0.2) is 79.5 Å². The Kier molecular flexibility index (Phi) is 4.97. The van der Waals surface area contributed by atoms with Gasteiger partial charge in [0.15, 0.2) is 0 Å². The van der Waals surface area contributed by atoms with Crippen molar-refractivity contribution < 1.29 is 0 Å². The average molecular weight is 429 g/mol. The predicted molar refractivity (Wildman–Crippen MR) is 132 cm³/mol. The van der Waals surface area contributed by atoms with Crippen molar-refractivity contribution in [2.45, 2.75) is 12.8 Å². The van der Waals surface area contributed by atoms with Crippen LogP contribution >= 0.6 is 0 Å². The molecule has 0 amide bonds. The number of imidazole rings is 1. The van der Waals surface area contributed by atoms with Gasteiger partial charge in [-0.2, -0.15) is 0 Å². The molecule has 1 aliphatic heterocycles. The normalized spacial score (nSPS) is 13.8. The number of nitrogens with zero attached hydrogens (tertiary/aromatic N) is 5. The highest BCUT2D eigenvalue weighted by atomic mass is 15.1. The van der Waals surface area contributed by atoms with Crippen LogP contribution in [0.3, 0.4) is 0 Å². The third-order valence-corrected chi connectivity index (χ3v) is 6.09. The number of anilines is 1. The number of aromatic nitrogens is 4. The van der Waals surface area contributed by atoms with E-state index in [4.69, 9.17) is 0 Å². The Hall–Kier alpha value is -4.17. The molecular weight excluding hydrogens is 406 g/mol. The van der Waals surface area contributed by atoms with E-state index in [0.29, 0.717) is 0 Å². The third kappa shape index (κ3) is 3.81. The minimum absolute atomic E-state index is 0.871. The second-order valence-electron chi connectivity index (χ2n) is 8.20. The summed E-state index contributed by atoms with van der Waals surface area (Å²) in [5, 5.41) is 1.04. The van der Waals surface area contributed by atoms with E-state index in [-0.39, 0.29) is 0 Å². The van der Waals surface area contributed by atoms with Crippen LogP contribution in [0.4, 0.5) is 5.69 Å². The van der Waals surface area contributed by atoms with E-state index in [9.17, 15) is 0 Å². The number of hydrogen-bond acceptors (Lipinski definition) is 4. The molecule has 6 rings (SSSR count). The van der Waals surface area contributed by atoms with E-state index in [1.165, 1.54) is 5.69 Å². The zero-order valence-corrected chi connectivity index (χ0v) is 18.1. The molecule has 5 nitrogen and oxygen atoms in total. The fourth-order valence-electron chi connectivity index (χ4n) is 4.38. The van der Waals surface area contributed by atoms with Gasteiger partial charge < -0.3 is 4.90 Å². The number of rotatable bonds is 2. The van der Waals surface area contributed by atoms with Gasteiger partial charge in [0.25, 0.3) is 0 Å². The summed E-state index contributed by atoms with van der Waals surface area (Å²) in [5.41, 5.74) is 7.04. The molecular formula is C28H22N5. The zero-order chi connectivity index (χ0) is 22.0. The Morgan fingerprint density at radius 2 is 1.58 bits per heavy atom. The third-order valence-electron chi connectivity index (χ3n) is 6.09. The van der Waals surface area contributed by atoms with E-state index in [1.807, 2.05) is 36.8 Å². The topological polar surface area (TPSA) is 46.8 Å². The molecule has 5 aromatic rings. The summed E-state index contributed by atoms with van der Waals surface area (Å²) in [6, 6.07) is 18.8. The first kappa shape index (κ1) is 19.5. The van der Waals surface area contributed by atoms with Crippen LogP contribution in [0, 0.1) is 18.3 Å². The summed E-state index contributed by atoms with van der Waals surface area (Å²) in [5.74, 6) is 6.45. The lowest BCUT2D eigenvalue weighted by Crippen LogP contribution is -2.29. The summed E-state index contributed by atoms with van der Waals surface area (Å²) in [6.45, 7) is 2.18. The number of fused-ring (bicyclic) bond motifs is 3. The number of piperidine rings is 1. The van der Waals surface area contributed by atoms with E-state index >= 15 is 0 Å². The average Bonchev–Trinajstić information content (AvgIpc) is 3.33.